The maximum atomic E-state index is 13.1. The lowest BCUT2D eigenvalue weighted by Crippen LogP contribution is -2.50. The first-order valence-corrected chi connectivity index (χ1v) is 11.0. The zero-order chi connectivity index (χ0) is 19.8. The Balaban J connectivity index is 1.33. The van der Waals surface area contributed by atoms with Gasteiger partial charge >= 0.3 is 0 Å². The van der Waals surface area contributed by atoms with Crippen LogP contribution in [0.2, 0.25) is 5.02 Å². The molecule has 0 unspecified atom stereocenters. The van der Waals surface area contributed by atoms with E-state index < -0.39 is 0 Å². The summed E-state index contributed by atoms with van der Waals surface area (Å²) in [6.07, 6.45) is 8.14. The molecule has 5 rings (SSSR count). The molecular weight excluding hydrogens is 388 g/mol. The second-order valence-corrected chi connectivity index (χ2v) is 9.07. The number of nitrogens with zero attached hydrogens (tertiary/aromatic N) is 2. The molecule has 2 heterocycles. The van der Waals surface area contributed by atoms with Crippen molar-refractivity contribution in [3.63, 3.8) is 0 Å². The Hall–Kier alpha value is -1.89. The van der Waals surface area contributed by atoms with Gasteiger partial charge in [0.05, 0.1) is 28.4 Å². The van der Waals surface area contributed by atoms with E-state index in [2.05, 4.69) is 15.7 Å². The Kier molecular flexibility index (Phi) is 5.33. The summed E-state index contributed by atoms with van der Waals surface area (Å²) in [6.45, 7) is 2.91. The molecule has 1 aromatic heterocycles. The number of hydrogen-bond donors (Lipinski definition) is 2. The molecule has 0 spiro atoms. The Labute approximate surface area is 176 Å². The van der Waals surface area contributed by atoms with Crippen molar-refractivity contribution >= 4 is 17.5 Å². The van der Waals surface area contributed by atoms with Crippen LogP contribution < -0.4 is 10.6 Å². The van der Waals surface area contributed by atoms with Crippen LogP contribution in [0.1, 0.15) is 36.0 Å². The highest BCUT2D eigenvalue weighted by atomic mass is 35.5. The Bertz CT molecular complexity index is 868. The number of amides is 1. The molecule has 1 aliphatic heterocycles. The predicted molar refractivity (Wildman–Crippen MR) is 111 cm³/mol. The fourth-order valence-electron chi connectivity index (χ4n) is 4.66. The van der Waals surface area contributed by atoms with Crippen LogP contribution in [0.5, 0.6) is 0 Å². The van der Waals surface area contributed by atoms with Crippen LogP contribution in [0.25, 0.3) is 5.69 Å². The highest BCUT2D eigenvalue weighted by molar-refractivity contribution is 6.33. The molecule has 0 bridgehead atoms. The summed E-state index contributed by atoms with van der Waals surface area (Å²) in [5.74, 6) is 1.83. The highest BCUT2D eigenvalue weighted by Crippen LogP contribution is 2.36. The van der Waals surface area contributed by atoms with E-state index in [1.165, 1.54) is 12.8 Å². The van der Waals surface area contributed by atoms with E-state index in [-0.39, 0.29) is 18.1 Å². The molecule has 2 N–H and O–H groups in total. The molecule has 0 radical (unpaired) electrons. The van der Waals surface area contributed by atoms with Crippen LogP contribution in [0.4, 0.5) is 0 Å². The van der Waals surface area contributed by atoms with Gasteiger partial charge in [-0.3, -0.25) is 4.79 Å². The van der Waals surface area contributed by atoms with Crippen LogP contribution >= 0.6 is 11.6 Å². The van der Waals surface area contributed by atoms with Crippen molar-refractivity contribution in [3.8, 4) is 5.69 Å². The van der Waals surface area contributed by atoms with Crippen molar-refractivity contribution in [3.05, 3.63) is 47.2 Å². The minimum absolute atomic E-state index is 0.0202. The first-order chi connectivity index (χ1) is 14.2. The SMILES string of the molecule is O=C(N[C@H]1C[C@H]2CNC[C@H]2C[C@@H]1OCC1CC1)c1cc(-n2cccn2)ccc1Cl. The largest absolute Gasteiger partial charge is 0.376 e. The molecule has 6 nitrogen and oxygen atoms in total. The normalized spacial score (nSPS) is 28.9. The number of ether oxygens (including phenoxy) is 1. The molecule has 29 heavy (non-hydrogen) atoms. The van der Waals surface area contributed by atoms with Gasteiger partial charge in [0, 0.05) is 19.0 Å². The maximum Gasteiger partial charge on any atom is 0.253 e. The van der Waals surface area contributed by atoms with Crippen LogP contribution in [0, 0.1) is 17.8 Å². The second kappa shape index (κ2) is 8.09. The monoisotopic (exact) mass is 414 g/mol. The summed E-state index contributed by atoms with van der Waals surface area (Å²) in [4.78, 5) is 13.1. The molecule has 154 valence electrons. The van der Waals surface area contributed by atoms with Gasteiger partial charge in [-0.15, -0.1) is 0 Å². The number of benzene rings is 1. The smallest absolute Gasteiger partial charge is 0.253 e. The molecule has 2 saturated carbocycles. The standard InChI is InChI=1S/C22H27ClN4O2/c23-19-5-4-17(27-7-1-6-25-27)10-18(19)22(28)26-20-8-15-11-24-12-16(15)9-21(20)29-13-14-2-3-14/h1,4-7,10,14-16,20-21,24H,2-3,8-9,11-13H2,(H,26,28)/t15-,16+,20-,21-/m0/s1. The fourth-order valence-corrected chi connectivity index (χ4v) is 4.86. The van der Waals surface area contributed by atoms with Gasteiger partial charge in [-0.1, -0.05) is 11.6 Å². The number of carbonyl (C=O) groups is 1. The Morgan fingerprint density at radius 3 is 2.86 bits per heavy atom. The lowest BCUT2D eigenvalue weighted by Gasteiger charge is -2.38. The summed E-state index contributed by atoms with van der Waals surface area (Å²) < 4.78 is 8.01. The first-order valence-electron chi connectivity index (χ1n) is 10.6. The average molecular weight is 415 g/mol. The Morgan fingerprint density at radius 2 is 2.10 bits per heavy atom. The van der Waals surface area contributed by atoms with E-state index in [4.69, 9.17) is 16.3 Å². The molecule has 3 fully saturated rings. The molecule has 4 atom stereocenters. The van der Waals surface area contributed by atoms with Crippen LogP contribution in [-0.4, -0.2) is 47.5 Å². The minimum atomic E-state index is -0.140. The van der Waals surface area contributed by atoms with Crippen molar-refractivity contribution in [2.45, 2.75) is 37.8 Å². The second-order valence-electron chi connectivity index (χ2n) is 8.66. The van der Waals surface area contributed by atoms with E-state index in [1.54, 1.807) is 23.0 Å². The zero-order valence-corrected chi connectivity index (χ0v) is 17.1. The molecule has 2 aromatic rings. The number of nitrogens with one attached hydrogen (secondary N) is 2. The van der Waals surface area contributed by atoms with E-state index in [0.717, 1.165) is 38.2 Å². The van der Waals surface area contributed by atoms with Crippen molar-refractivity contribution in [2.24, 2.45) is 17.8 Å². The van der Waals surface area contributed by atoms with Gasteiger partial charge in [-0.05, 0) is 80.8 Å². The number of fused-ring (bicyclic) bond motifs is 1. The van der Waals surface area contributed by atoms with E-state index in [1.807, 2.05) is 18.3 Å². The topological polar surface area (TPSA) is 68.2 Å². The van der Waals surface area contributed by atoms with Gasteiger partial charge in [0.15, 0.2) is 0 Å². The highest BCUT2D eigenvalue weighted by Gasteiger charge is 2.41. The molecule has 7 heteroatoms. The summed E-state index contributed by atoms with van der Waals surface area (Å²) in [6, 6.07) is 7.29. The lowest BCUT2D eigenvalue weighted by molar-refractivity contribution is -0.0211. The first kappa shape index (κ1) is 19.1. The number of aromatic nitrogens is 2. The van der Waals surface area contributed by atoms with Crippen LogP contribution in [0.3, 0.4) is 0 Å². The number of carbonyl (C=O) groups excluding carboxylic acids is 1. The summed E-state index contributed by atoms with van der Waals surface area (Å²) >= 11 is 6.37. The average Bonchev–Trinajstić information content (AvgIpc) is 3.18. The molecule has 1 saturated heterocycles. The van der Waals surface area contributed by atoms with E-state index in [0.29, 0.717) is 28.3 Å². The third-order valence-electron chi connectivity index (χ3n) is 6.54. The molecular formula is C22H27ClN4O2. The van der Waals surface area contributed by atoms with Gasteiger partial charge in [-0.25, -0.2) is 4.68 Å². The van der Waals surface area contributed by atoms with Crippen molar-refractivity contribution in [1.82, 2.24) is 20.4 Å². The number of rotatable bonds is 6. The molecule has 2 aliphatic carbocycles. The van der Waals surface area contributed by atoms with Crippen molar-refractivity contribution in [1.29, 1.82) is 0 Å². The quantitative estimate of drug-likeness (QED) is 0.762. The third kappa shape index (κ3) is 4.20. The molecule has 1 aromatic carbocycles. The molecule has 3 aliphatic rings. The fraction of sp³-hybridized carbons (Fsp3) is 0.545. The van der Waals surface area contributed by atoms with Gasteiger partial charge in [0.2, 0.25) is 0 Å². The van der Waals surface area contributed by atoms with E-state index >= 15 is 0 Å². The number of halogens is 1. The van der Waals surface area contributed by atoms with Crippen LogP contribution in [0.15, 0.2) is 36.7 Å². The van der Waals surface area contributed by atoms with Gasteiger partial charge in [0.25, 0.3) is 5.91 Å². The lowest BCUT2D eigenvalue weighted by atomic mass is 9.77. The molecule has 1 amide bonds. The van der Waals surface area contributed by atoms with Crippen LogP contribution in [-0.2, 0) is 4.74 Å². The van der Waals surface area contributed by atoms with Gasteiger partial charge < -0.3 is 15.4 Å². The summed E-state index contributed by atoms with van der Waals surface area (Å²) in [5, 5.41) is 11.4. The summed E-state index contributed by atoms with van der Waals surface area (Å²) in [5.41, 5.74) is 1.29. The van der Waals surface area contributed by atoms with Gasteiger partial charge in [0.1, 0.15) is 0 Å². The van der Waals surface area contributed by atoms with E-state index in [9.17, 15) is 4.79 Å². The zero-order valence-electron chi connectivity index (χ0n) is 16.4. The van der Waals surface area contributed by atoms with Crippen molar-refractivity contribution in [2.75, 3.05) is 19.7 Å². The van der Waals surface area contributed by atoms with Crippen molar-refractivity contribution < 1.29 is 9.53 Å². The third-order valence-corrected chi connectivity index (χ3v) is 6.87. The number of hydrogen-bond acceptors (Lipinski definition) is 4. The Morgan fingerprint density at radius 1 is 1.28 bits per heavy atom. The predicted octanol–water partition coefficient (Wildman–Crippen LogP) is 3.05. The van der Waals surface area contributed by atoms with Gasteiger partial charge in [-0.2, -0.15) is 5.10 Å². The summed E-state index contributed by atoms with van der Waals surface area (Å²) in [7, 11) is 0. The minimum Gasteiger partial charge on any atom is -0.376 e. The maximum absolute atomic E-state index is 13.1.